The molecule has 1 rings (SSSR count). The average Bonchev–Trinajstić information content (AvgIpc) is 2.27. The number of nitrogens with zero attached hydrogens (tertiary/aromatic N) is 1. The molecule has 0 heterocycles. The van der Waals surface area contributed by atoms with E-state index in [4.69, 9.17) is 16.3 Å². The van der Waals surface area contributed by atoms with Gasteiger partial charge in [-0.3, -0.25) is 0 Å². The Morgan fingerprint density at radius 1 is 1.33 bits per heavy atom. The smallest absolute Gasteiger partial charge is 0.228 e. The summed E-state index contributed by atoms with van der Waals surface area (Å²) in [5, 5.41) is 3.43. The van der Waals surface area contributed by atoms with Gasteiger partial charge in [-0.05, 0) is 27.8 Å². The Labute approximate surface area is 108 Å². The number of rotatable bonds is 4. The van der Waals surface area contributed by atoms with Crippen LogP contribution >= 0.6 is 0 Å². The van der Waals surface area contributed by atoms with Crippen LogP contribution in [0.25, 0.3) is 6.08 Å². The summed E-state index contributed by atoms with van der Waals surface area (Å²) < 4.78 is 0. The maximum atomic E-state index is 5.13. The minimum absolute atomic E-state index is 0.0712. The third kappa shape index (κ3) is 4.91. The van der Waals surface area contributed by atoms with Crippen LogP contribution in [0, 0.1) is 0 Å². The average molecular weight is 247 g/mol. The van der Waals surface area contributed by atoms with Crippen molar-refractivity contribution in [3.05, 3.63) is 41.5 Å². The van der Waals surface area contributed by atoms with Crippen LogP contribution in [-0.2, 0) is 10.3 Å². The number of nitrogens with two attached hydrogens (primary N) is 2. The monoisotopic (exact) mass is 247 g/mol. The highest BCUT2D eigenvalue weighted by Gasteiger charge is 2.12. The highest BCUT2D eigenvalue weighted by atomic mass is 16.6. The molecule has 1 aromatic rings. The standard InChI is InChI=1S/C14H21N3O/c1-14(2,3)12-8-4-6-11(10-12)7-5-9-18-17-13(15)16/h4-8,10H,9H2,1-3H3,(H4,15,16,17). The summed E-state index contributed by atoms with van der Waals surface area (Å²) in [5.41, 5.74) is 12.9. The van der Waals surface area contributed by atoms with Crippen molar-refractivity contribution in [3.8, 4) is 0 Å². The quantitative estimate of drug-likeness (QED) is 0.371. The fraction of sp³-hybridized carbons (Fsp3) is 0.357. The van der Waals surface area contributed by atoms with Crippen molar-refractivity contribution in [2.24, 2.45) is 16.6 Å². The zero-order valence-electron chi connectivity index (χ0n) is 11.2. The van der Waals surface area contributed by atoms with Gasteiger partial charge in [0.15, 0.2) is 0 Å². The fourth-order valence-corrected chi connectivity index (χ4v) is 1.45. The third-order valence-corrected chi connectivity index (χ3v) is 2.40. The SMILES string of the molecule is CC(C)(C)c1cccc(C=CCON=C(N)N)c1. The number of guanidine groups is 1. The van der Waals surface area contributed by atoms with Gasteiger partial charge in [-0.1, -0.05) is 51.1 Å². The van der Waals surface area contributed by atoms with Gasteiger partial charge < -0.3 is 16.3 Å². The molecule has 4 heteroatoms. The van der Waals surface area contributed by atoms with E-state index in [-0.39, 0.29) is 11.4 Å². The van der Waals surface area contributed by atoms with E-state index >= 15 is 0 Å². The van der Waals surface area contributed by atoms with Gasteiger partial charge in [0.25, 0.3) is 0 Å². The topological polar surface area (TPSA) is 73.6 Å². The van der Waals surface area contributed by atoms with Gasteiger partial charge in [-0.2, -0.15) is 0 Å². The lowest BCUT2D eigenvalue weighted by molar-refractivity contribution is 0.174. The van der Waals surface area contributed by atoms with Crippen LogP contribution in [0.2, 0.25) is 0 Å². The second-order valence-corrected chi connectivity index (χ2v) is 5.09. The van der Waals surface area contributed by atoms with Crippen molar-refractivity contribution >= 4 is 12.0 Å². The number of hydrogen-bond donors (Lipinski definition) is 2. The van der Waals surface area contributed by atoms with E-state index in [2.05, 4.69) is 44.1 Å². The maximum Gasteiger partial charge on any atom is 0.228 e. The molecule has 0 atom stereocenters. The number of hydrogen-bond acceptors (Lipinski definition) is 2. The van der Waals surface area contributed by atoms with E-state index in [1.807, 2.05) is 18.2 Å². The Kier molecular flexibility index (Phi) is 4.77. The van der Waals surface area contributed by atoms with Crippen LogP contribution in [0.5, 0.6) is 0 Å². The van der Waals surface area contributed by atoms with E-state index in [0.29, 0.717) is 6.61 Å². The van der Waals surface area contributed by atoms with Gasteiger partial charge in [0.05, 0.1) is 0 Å². The third-order valence-electron chi connectivity index (χ3n) is 2.40. The Balaban J connectivity index is 2.63. The molecule has 0 unspecified atom stereocenters. The second kappa shape index (κ2) is 6.10. The van der Waals surface area contributed by atoms with Crippen LogP contribution in [0.1, 0.15) is 31.9 Å². The van der Waals surface area contributed by atoms with Gasteiger partial charge in [0, 0.05) is 0 Å². The van der Waals surface area contributed by atoms with Crippen molar-refractivity contribution in [2.45, 2.75) is 26.2 Å². The maximum absolute atomic E-state index is 5.13. The molecule has 0 saturated carbocycles. The summed E-state index contributed by atoms with van der Waals surface area (Å²) in [6.07, 6.45) is 3.85. The first-order chi connectivity index (χ1) is 8.39. The van der Waals surface area contributed by atoms with Crippen molar-refractivity contribution in [1.29, 1.82) is 0 Å². The zero-order chi connectivity index (χ0) is 13.6. The van der Waals surface area contributed by atoms with E-state index in [1.54, 1.807) is 0 Å². The lowest BCUT2D eigenvalue weighted by atomic mass is 9.86. The van der Waals surface area contributed by atoms with Crippen LogP contribution in [-0.4, -0.2) is 12.6 Å². The molecule has 0 saturated heterocycles. The van der Waals surface area contributed by atoms with Crippen molar-refractivity contribution in [2.75, 3.05) is 6.61 Å². The Morgan fingerprint density at radius 3 is 2.67 bits per heavy atom. The van der Waals surface area contributed by atoms with E-state index in [1.165, 1.54) is 5.56 Å². The summed E-state index contributed by atoms with van der Waals surface area (Å²) in [6, 6.07) is 8.40. The number of benzene rings is 1. The van der Waals surface area contributed by atoms with Crippen LogP contribution in [0.3, 0.4) is 0 Å². The Hall–Kier alpha value is -1.97. The van der Waals surface area contributed by atoms with E-state index < -0.39 is 0 Å². The molecule has 0 amide bonds. The normalized spacial score (nSPS) is 11.5. The molecule has 0 aromatic heterocycles. The first-order valence-corrected chi connectivity index (χ1v) is 5.87. The predicted octanol–water partition coefficient (Wildman–Crippen LogP) is 2.20. The van der Waals surface area contributed by atoms with Crippen LogP contribution in [0.4, 0.5) is 0 Å². The summed E-state index contributed by atoms with van der Waals surface area (Å²) in [6.45, 7) is 6.92. The fourth-order valence-electron chi connectivity index (χ4n) is 1.45. The van der Waals surface area contributed by atoms with Gasteiger partial charge in [0.1, 0.15) is 6.61 Å². The summed E-state index contributed by atoms with van der Waals surface area (Å²) in [4.78, 5) is 4.87. The molecular weight excluding hydrogens is 226 g/mol. The van der Waals surface area contributed by atoms with Gasteiger partial charge >= 0.3 is 0 Å². The van der Waals surface area contributed by atoms with Crippen molar-refractivity contribution in [3.63, 3.8) is 0 Å². The minimum atomic E-state index is -0.0712. The first-order valence-electron chi connectivity index (χ1n) is 5.87. The highest BCUT2D eigenvalue weighted by molar-refractivity contribution is 5.74. The Bertz CT molecular complexity index is 441. The minimum Gasteiger partial charge on any atom is -0.389 e. The molecule has 1 aromatic carbocycles. The molecule has 0 aliphatic rings. The summed E-state index contributed by atoms with van der Waals surface area (Å²) in [7, 11) is 0. The molecule has 4 N–H and O–H groups in total. The first kappa shape index (κ1) is 14.1. The zero-order valence-corrected chi connectivity index (χ0v) is 11.2. The Morgan fingerprint density at radius 2 is 2.06 bits per heavy atom. The molecule has 0 aliphatic carbocycles. The molecular formula is C14H21N3O. The second-order valence-electron chi connectivity index (χ2n) is 5.09. The lowest BCUT2D eigenvalue weighted by Gasteiger charge is -2.19. The highest BCUT2D eigenvalue weighted by Crippen LogP contribution is 2.23. The molecule has 0 aliphatic heterocycles. The largest absolute Gasteiger partial charge is 0.389 e. The van der Waals surface area contributed by atoms with Gasteiger partial charge in [-0.25, -0.2) is 0 Å². The molecule has 18 heavy (non-hydrogen) atoms. The number of oxime groups is 1. The molecule has 0 bridgehead atoms. The molecule has 98 valence electrons. The summed E-state index contributed by atoms with van der Waals surface area (Å²) >= 11 is 0. The van der Waals surface area contributed by atoms with Crippen molar-refractivity contribution < 1.29 is 4.84 Å². The van der Waals surface area contributed by atoms with E-state index in [0.717, 1.165) is 5.56 Å². The molecule has 0 spiro atoms. The summed E-state index contributed by atoms with van der Waals surface area (Å²) in [5.74, 6) is -0.0712. The van der Waals surface area contributed by atoms with Gasteiger partial charge in [-0.15, -0.1) is 0 Å². The van der Waals surface area contributed by atoms with E-state index in [9.17, 15) is 0 Å². The van der Waals surface area contributed by atoms with Gasteiger partial charge in [0.2, 0.25) is 5.96 Å². The predicted molar refractivity (Wildman–Crippen MR) is 75.9 cm³/mol. The molecule has 0 fully saturated rings. The molecule has 4 nitrogen and oxygen atoms in total. The molecule has 0 radical (unpaired) electrons. The van der Waals surface area contributed by atoms with Crippen molar-refractivity contribution in [1.82, 2.24) is 0 Å². The lowest BCUT2D eigenvalue weighted by Crippen LogP contribution is -2.22. The van der Waals surface area contributed by atoms with Crippen LogP contribution in [0.15, 0.2) is 35.5 Å². The van der Waals surface area contributed by atoms with Crippen LogP contribution < -0.4 is 11.5 Å².